The first-order valence-electron chi connectivity index (χ1n) is 18.6. The van der Waals surface area contributed by atoms with E-state index in [1.807, 2.05) is 36.4 Å². The lowest BCUT2D eigenvalue weighted by Crippen LogP contribution is -2.56. The molecule has 0 aliphatic carbocycles. The number of hydrogen-bond acceptors (Lipinski definition) is 7. The molecule has 272 valence electrons. The topological polar surface area (TPSA) is 72.5 Å². The van der Waals surface area contributed by atoms with Gasteiger partial charge in [-0.15, -0.1) is 0 Å². The summed E-state index contributed by atoms with van der Waals surface area (Å²) in [6.07, 6.45) is 3.05. The first-order valence-corrected chi connectivity index (χ1v) is 25.1. The van der Waals surface area contributed by atoms with Crippen molar-refractivity contribution in [2.75, 3.05) is 13.2 Å². The van der Waals surface area contributed by atoms with Gasteiger partial charge in [0.25, 0.3) is 0 Å². The largest absolute Gasteiger partial charge is 0.411 e. The summed E-state index contributed by atoms with van der Waals surface area (Å²) in [5.41, 5.74) is 2.23. The number of carbonyl (C=O) groups excluding carboxylic acids is 1. The van der Waals surface area contributed by atoms with Gasteiger partial charge in [-0.2, -0.15) is 0 Å². The van der Waals surface area contributed by atoms with Gasteiger partial charge in [0.1, 0.15) is 12.2 Å². The molecule has 0 N–H and O–H groups in total. The maximum atomic E-state index is 14.5. The lowest BCUT2D eigenvalue weighted by atomic mass is 9.90. The van der Waals surface area contributed by atoms with Crippen LogP contribution < -0.4 is 0 Å². The van der Waals surface area contributed by atoms with Gasteiger partial charge in [-0.3, -0.25) is 4.79 Å². The Labute approximate surface area is 297 Å². The summed E-state index contributed by atoms with van der Waals surface area (Å²) in [4.78, 5) is 14.5. The normalized spacial score (nSPS) is 30.3. The molecule has 8 atom stereocenters. The molecule has 0 aromatic heterocycles. The van der Waals surface area contributed by atoms with E-state index >= 15 is 0 Å². The average molecular weight is 711 g/mol. The van der Waals surface area contributed by atoms with Crippen molar-refractivity contribution in [2.24, 2.45) is 0 Å². The molecule has 9 heteroatoms. The third-order valence-electron chi connectivity index (χ3n) is 11.2. The molecule has 5 rings (SSSR count). The molecule has 1 unspecified atom stereocenters. The van der Waals surface area contributed by atoms with Crippen LogP contribution in [0.1, 0.15) is 70.4 Å². The van der Waals surface area contributed by atoms with Crippen LogP contribution in [0.5, 0.6) is 0 Å². The third kappa shape index (κ3) is 10.4. The molecule has 0 radical (unpaired) electrons. The van der Waals surface area contributed by atoms with Gasteiger partial charge < -0.3 is 28.1 Å². The Morgan fingerprint density at radius 2 is 1.43 bits per heavy atom. The fourth-order valence-electron chi connectivity index (χ4n) is 7.24. The fraction of sp³-hybridized carbons (Fsp3) is 0.675. The van der Waals surface area contributed by atoms with E-state index in [0.717, 1.165) is 36.8 Å². The van der Waals surface area contributed by atoms with Crippen LogP contribution in [0.15, 0.2) is 60.7 Å². The Bertz CT molecular complexity index is 1310. The van der Waals surface area contributed by atoms with Gasteiger partial charge in [0, 0.05) is 25.0 Å². The van der Waals surface area contributed by atoms with Crippen LogP contribution in [0.2, 0.25) is 43.3 Å². The second kappa shape index (κ2) is 16.8. The van der Waals surface area contributed by atoms with Crippen LogP contribution in [-0.4, -0.2) is 78.1 Å². The summed E-state index contributed by atoms with van der Waals surface area (Å²) < 4.78 is 40.1. The lowest BCUT2D eigenvalue weighted by Gasteiger charge is -2.46. The SMILES string of the molecule is CC(C)(C)[Si](C)(C)O[C@H]1CCCO[C@@H]1C[C@@H]1O[C@@H]2C[C@H](OCc3ccccc3)[C@@H](COCc3ccccc3)O[C@H]2CCC([Si](C)(C)C)C1=O. The van der Waals surface area contributed by atoms with Gasteiger partial charge in [-0.05, 0) is 54.9 Å². The zero-order valence-electron chi connectivity index (χ0n) is 31.3. The average Bonchev–Trinajstić information content (AvgIpc) is 3.04. The molecule has 2 aromatic rings. The number of ketones is 1. The van der Waals surface area contributed by atoms with E-state index in [9.17, 15) is 4.79 Å². The van der Waals surface area contributed by atoms with Crippen molar-refractivity contribution >= 4 is 22.2 Å². The van der Waals surface area contributed by atoms with Crippen molar-refractivity contribution in [1.82, 2.24) is 0 Å². The molecule has 3 heterocycles. The first-order chi connectivity index (χ1) is 23.2. The number of Topliss-reactive ketones (excluding diaryl/α,β-unsaturated/α-hetero) is 1. The highest BCUT2D eigenvalue weighted by atomic mass is 28.4. The molecule has 3 fully saturated rings. The number of rotatable bonds is 12. The smallest absolute Gasteiger partial charge is 0.192 e. The Balaban J connectivity index is 1.36. The van der Waals surface area contributed by atoms with Crippen molar-refractivity contribution in [3.63, 3.8) is 0 Å². The van der Waals surface area contributed by atoms with Gasteiger partial charge in [-0.1, -0.05) is 101 Å². The van der Waals surface area contributed by atoms with Gasteiger partial charge >= 0.3 is 0 Å². The van der Waals surface area contributed by atoms with E-state index in [1.165, 1.54) is 0 Å². The minimum atomic E-state index is -2.04. The molecule has 3 aliphatic rings. The van der Waals surface area contributed by atoms with E-state index in [1.54, 1.807) is 0 Å². The van der Waals surface area contributed by atoms with Gasteiger partial charge in [-0.25, -0.2) is 0 Å². The summed E-state index contributed by atoms with van der Waals surface area (Å²) in [6, 6.07) is 20.5. The Hall–Kier alpha value is -1.70. The number of carbonyl (C=O) groups is 1. The summed E-state index contributed by atoms with van der Waals surface area (Å²) in [6.45, 7) is 20.5. The summed E-state index contributed by atoms with van der Waals surface area (Å²) >= 11 is 0. The quantitative estimate of drug-likeness (QED) is 0.204. The van der Waals surface area contributed by atoms with Crippen LogP contribution in [0, 0.1) is 0 Å². The molecule has 3 aliphatic heterocycles. The fourth-order valence-corrected chi connectivity index (χ4v) is 10.7. The van der Waals surface area contributed by atoms with Gasteiger partial charge in [0.2, 0.25) is 0 Å². The standard InChI is InChI=1S/C40H62O7Si2/c1-40(2,3)49(7,8)47-32-20-15-23-43-33(32)25-36-39(41)38(48(4,5)6)22-21-31-35(46-36)24-34(44-27-30-18-13-10-14-19-30)37(45-31)28-42-26-29-16-11-9-12-17-29/h9-14,16-19,31-38H,15,20-28H2,1-8H3/t31-,32-,33+,34-,35+,36-,37+,38?/m0/s1. The van der Waals surface area contributed by atoms with Crippen molar-refractivity contribution in [3.8, 4) is 0 Å². The molecular weight excluding hydrogens is 649 g/mol. The summed E-state index contributed by atoms with van der Waals surface area (Å²) in [5, 5.41) is 0.0905. The van der Waals surface area contributed by atoms with E-state index in [0.29, 0.717) is 39.3 Å². The van der Waals surface area contributed by atoms with Gasteiger partial charge in [0.15, 0.2) is 14.1 Å². The summed E-state index contributed by atoms with van der Waals surface area (Å²) in [7, 11) is -3.90. The van der Waals surface area contributed by atoms with Crippen molar-refractivity contribution in [2.45, 2.75) is 159 Å². The van der Waals surface area contributed by atoms with E-state index in [-0.39, 0.29) is 53.0 Å². The predicted molar refractivity (Wildman–Crippen MR) is 200 cm³/mol. The highest BCUT2D eigenvalue weighted by molar-refractivity contribution is 6.80. The lowest BCUT2D eigenvalue weighted by molar-refractivity contribution is -0.228. The van der Waals surface area contributed by atoms with E-state index < -0.39 is 22.5 Å². The first kappa shape index (κ1) is 38.5. The monoisotopic (exact) mass is 710 g/mol. The predicted octanol–water partition coefficient (Wildman–Crippen LogP) is 8.73. The van der Waals surface area contributed by atoms with Crippen LogP contribution in [-0.2, 0) is 46.1 Å². The minimum Gasteiger partial charge on any atom is -0.411 e. The van der Waals surface area contributed by atoms with Crippen molar-refractivity contribution < 1.29 is 32.9 Å². The van der Waals surface area contributed by atoms with E-state index in [2.05, 4.69) is 77.8 Å². The third-order valence-corrected chi connectivity index (χ3v) is 18.4. The maximum Gasteiger partial charge on any atom is 0.192 e. The second-order valence-electron chi connectivity index (χ2n) is 17.0. The molecule has 0 bridgehead atoms. The Morgan fingerprint density at radius 3 is 2.06 bits per heavy atom. The summed E-state index contributed by atoms with van der Waals surface area (Å²) in [5.74, 6) is 0.243. The molecule has 0 spiro atoms. The molecule has 49 heavy (non-hydrogen) atoms. The number of benzene rings is 2. The Morgan fingerprint density at radius 1 is 0.776 bits per heavy atom. The van der Waals surface area contributed by atoms with Crippen LogP contribution in [0.4, 0.5) is 0 Å². The number of ether oxygens (including phenoxy) is 5. The van der Waals surface area contributed by atoms with Crippen LogP contribution >= 0.6 is 0 Å². The molecule has 0 saturated carbocycles. The minimum absolute atomic E-state index is 0.00904. The molecule has 7 nitrogen and oxygen atoms in total. The van der Waals surface area contributed by atoms with Crippen LogP contribution in [0.25, 0.3) is 0 Å². The molecule has 0 amide bonds. The van der Waals surface area contributed by atoms with Crippen molar-refractivity contribution in [3.05, 3.63) is 71.8 Å². The highest BCUT2D eigenvalue weighted by Gasteiger charge is 2.48. The zero-order chi connectivity index (χ0) is 35.2. The second-order valence-corrected chi connectivity index (χ2v) is 27.2. The van der Waals surface area contributed by atoms with E-state index in [4.69, 9.17) is 28.1 Å². The highest BCUT2D eigenvalue weighted by Crippen LogP contribution is 2.42. The number of hydrogen-bond donors (Lipinski definition) is 0. The Kier molecular flexibility index (Phi) is 13.2. The molecule has 2 aromatic carbocycles. The molecular formula is C40H62O7Si2. The van der Waals surface area contributed by atoms with Gasteiger partial charge in [0.05, 0.1) is 58.4 Å². The number of fused-ring (bicyclic) bond motifs is 1. The zero-order valence-corrected chi connectivity index (χ0v) is 33.3. The molecule has 3 saturated heterocycles. The van der Waals surface area contributed by atoms with Crippen molar-refractivity contribution in [1.29, 1.82) is 0 Å². The van der Waals surface area contributed by atoms with Crippen LogP contribution in [0.3, 0.4) is 0 Å². The maximum absolute atomic E-state index is 14.5.